The summed E-state index contributed by atoms with van der Waals surface area (Å²) in [6.45, 7) is 1.61. The second kappa shape index (κ2) is 6.97. The number of carboxylic acid groups (broad SMARTS) is 1. The molecule has 1 aliphatic heterocycles. The molecule has 0 saturated heterocycles. The van der Waals surface area contributed by atoms with E-state index in [0.717, 1.165) is 10.7 Å². The number of sulfone groups is 1. The molecule has 1 aliphatic rings. The number of aromatic amines is 1. The summed E-state index contributed by atoms with van der Waals surface area (Å²) in [7, 11) is -3.57. The maximum absolute atomic E-state index is 12.4. The van der Waals surface area contributed by atoms with Crippen molar-refractivity contribution in [2.75, 3.05) is 11.6 Å². The Hall–Kier alpha value is -2.39. The number of nitrogens with one attached hydrogen (secondary N) is 2. The van der Waals surface area contributed by atoms with Gasteiger partial charge in [-0.15, -0.1) is 0 Å². The average Bonchev–Trinajstić information content (AvgIpc) is 3.02. The van der Waals surface area contributed by atoms with Gasteiger partial charge in [-0.1, -0.05) is 15.9 Å². The Morgan fingerprint density at radius 1 is 1.33 bits per heavy atom. The third kappa shape index (κ3) is 3.84. The van der Waals surface area contributed by atoms with Crippen LogP contribution in [0.5, 0.6) is 0 Å². The van der Waals surface area contributed by atoms with Crippen LogP contribution in [0.3, 0.4) is 0 Å². The largest absolute Gasteiger partial charge is 0.481 e. The molecule has 1 aromatic heterocycles. The van der Waals surface area contributed by atoms with Crippen LogP contribution in [0.1, 0.15) is 28.9 Å². The predicted molar refractivity (Wildman–Crippen MR) is 105 cm³/mol. The molecule has 1 amide bonds. The molecule has 2 aromatic rings. The van der Waals surface area contributed by atoms with Crippen LogP contribution in [0.2, 0.25) is 0 Å². The SMILES string of the molecule is Cc1[nH]c(/C=C2\C(=O)Nc3ccc(Br)cc32)c(CCC(=O)O)c1S(C)(=O)=O. The average molecular weight is 453 g/mol. The summed E-state index contributed by atoms with van der Waals surface area (Å²) >= 11 is 3.38. The normalized spacial score (nSPS) is 15.1. The number of aliphatic carboxylic acids is 1. The first-order chi connectivity index (χ1) is 12.6. The molecular weight excluding hydrogens is 436 g/mol. The van der Waals surface area contributed by atoms with Crippen LogP contribution >= 0.6 is 15.9 Å². The smallest absolute Gasteiger partial charge is 0.303 e. The van der Waals surface area contributed by atoms with Gasteiger partial charge in [0.25, 0.3) is 5.91 Å². The third-order valence-electron chi connectivity index (χ3n) is 4.27. The highest BCUT2D eigenvalue weighted by Gasteiger charge is 2.27. The van der Waals surface area contributed by atoms with Crippen molar-refractivity contribution in [2.24, 2.45) is 0 Å². The van der Waals surface area contributed by atoms with Crippen molar-refractivity contribution in [1.29, 1.82) is 0 Å². The van der Waals surface area contributed by atoms with Gasteiger partial charge in [-0.3, -0.25) is 9.59 Å². The first-order valence-corrected chi connectivity index (χ1v) is 10.7. The number of aromatic nitrogens is 1. The minimum absolute atomic E-state index is 0.0359. The first-order valence-electron chi connectivity index (χ1n) is 8.04. The number of hydrogen-bond acceptors (Lipinski definition) is 4. The van der Waals surface area contributed by atoms with Gasteiger partial charge in [0, 0.05) is 39.8 Å². The van der Waals surface area contributed by atoms with Gasteiger partial charge in [-0.25, -0.2) is 8.42 Å². The van der Waals surface area contributed by atoms with Gasteiger partial charge in [0.05, 0.1) is 10.5 Å². The van der Waals surface area contributed by atoms with Gasteiger partial charge < -0.3 is 15.4 Å². The van der Waals surface area contributed by atoms with E-state index in [2.05, 4.69) is 26.2 Å². The van der Waals surface area contributed by atoms with Crippen molar-refractivity contribution in [3.63, 3.8) is 0 Å². The summed E-state index contributed by atoms with van der Waals surface area (Å²) in [4.78, 5) is 26.5. The van der Waals surface area contributed by atoms with Crippen LogP contribution in [0.25, 0.3) is 11.6 Å². The number of anilines is 1. The van der Waals surface area contributed by atoms with E-state index in [-0.39, 0.29) is 23.6 Å². The van der Waals surface area contributed by atoms with E-state index >= 15 is 0 Å². The summed E-state index contributed by atoms with van der Waals surface area (Å²) in [5.41, 5.74) is 2.94. The van der Waals surface area contributed by atoms with Gasteiger partial charge in [-0.05, 0) is 43.2 Å². The molecule has 0 unspecified atom stereocenters. The molecule has 142 valence electrons. The topological polar surface area (TPSA) is 116 Å². The van der Waals surface area contributed by atoms with Gasteiger partial charge in [0.1, 0.15) is 0 Å². The zero-order valence-corrected chi connectivity index (χ0v) is 17.0. The van der Waals surface area contributed by atoms with Gasteiger partial charge in [0.15, 0.2) is 9.84 Å². The lowest BCUT2D eigenvalue weighted by atomic mass is 10.0. The molecule has 0 radical (unpaired) electrons. The Kier molecular flexibility index (Phi) is 5.00. The number of rotatable bonds is 5. The second-order valence-electron chi connectivity index (χ2n) is 6.34. The maximum Gasteiger partial charge on any atom is 0.303 e. The molecule has 0 bridgehead atoms. The van der Waals surface area contributed by atoms with Crippen LogP contribution in [0.4, 0.5) is 5.69 Å². The molecule has 0 atom stereocenters. The number of carboxylic acids is 1. The van der Waals surface area contributed by atoms with Crippen molar-refractivity contribution < 1.29 is 23.1 Å². The third-order valence-corrected chi connectivity index (χ3v) is 6.06. The van der Waals surface area contributed by atoms with E-state index < -0.39 is 15.8 Å². The molecule has 0 fully saturated rings. The van der Waals surface area contributed by atoms with E-state index in [1.165, 1.54) is 0 Å². The predicted octanol–water partition coefficient (Wildman–Crippen LogP) is 3.00. The highest BCUT2D eigenvalue weighted by atomic mass is 79.9. The number of aryl methyl sites for hydroxylation is 1. The highest BCUT2D eigenvalue weighted by molar-refractivity contribution is 9.10. The number of benzene rings is 1. The fraction of sp³-hybridized carbons (Fsp3) is 0.222. The lowest BCUT2D eigenvalue weighted by Crippen LogP contribution is -2.06. The second-order valence-corrected chi connectivity index (χ2v) is 9.21. The molecule has 27 heavy (non-hydrogen) atoms. The summed E-state index contributed by atoms with van der Waals surface area (Å²) in [5.74, 6) is -1.33. The molecule has 2 heterocycles. The Balaban J connectivity index is 2.18. The van der Waals surface area contributed by atoms with E-state index in [1.807, 2.05) is 0 Å². The van der Waals surface area contributed by atoms with Gasteiger partial charge in [0.2, 0.25) is 0 Å². The minimum Gasteiger partial charge on any atom is -0.481 e. The zero-order valence-electron chi connectivity index (χ0n) is 14.6. The van der Waals surface area contributed by atoms with Crippen LogP contribution in [0.15, 0.2) is 27.6 Å². The fourth-order valence-electron chi connectivity index (χ4n) is 3.24. The van der Waals surface area contributed by atoms with Crippen molar-refractivity contribution in [3.8, 4) is 0 Å². The molecule has 0 saturated carbocycles. The minimum atomic E-state index is -3.57. The Morgan fingerprint density at radius 2 is 2.04 bits per heavy atom. The van der Waals surface area contributed by atoms with E-state index in [9.17, 15) is 18.0 Å². The van der Waals surface area contributed by atoms with Crippen molar-refractivity contribution in [3.05, 3.63) is 45.2 Å². The van der Waals surface area contributed by atoms with E-state index in [1.54, 1.807) is 31.2 Å². The number of hydrogen-bond donors (Lipinski definition) is 3. The Bertz CT molecular complexity index is 1100. The number of fused-ring (bicyclic) bond motifs is 1. The van der Waals surface area contributed by atoms with E-state index in [0.29, 0.717) is 33.8 Å². The molecular formula is C18H17BrN2O5S. The fourth-order valence-corrected chi connectivity index (χ4v) is 4.86. The number of carbonyl (C=O) groups excluding carboxylic acids is 1. The molecule has 0 aliphatic carbocycles. The van der Waals surface area contributed by atoms with Crippen molar-refractivity contribution >= 4 is 55.0 Å². The number of amides is 1. The quantitative estimate of drug-likeness (QED) is 0.602. The van der Waals surface area contributed by atoms with Crippen LogP contribution < -0.4 is 5.32 Å². The molecule has 9 heteroatoms. The van der Waals surface area contributed by atoms with Crippen molar-refractivity contribution in [2.45, 2.75) is 24.7 Å². The van der Waals surface area contributed by atoms with Gasteiger partial charge in [-0.2, -0.15) is 0 Å². The number of H-pyrrole nitrogens is 1. The zero-order chi connectivity index (χ0) is 19.9. The molecule has 1 aromatic carbocycles. The maximum atomic E-state index is 12.4. The standard InChI is InChI=1S/C18H17BrN2O5S/c1-9-17(27(2,25)26)11(4-6-16(22)23)15(20-9)8-13-12-7-10(19)3-5-14(12)21-18(13)24/h3,5,7-8,20H,4,6H2,1-2H3,(H,21,24)(H,22,23)/b13-8-. The van der Waals surface area contributed by atoms with Crippen molar-refractivity contribution in [1.82, 2.24) is 4.98 Å². The lowest BCUT2D eigenvalue weighted by Gasteiger charge is -2.04. The summed E-state index contributed by atoms with van der Waals surface area (Å²) in [6.07, 6.45) is 2.48. The summed E-state index contributed by atoms with van der Waals surface area (Å²) < 4.78 is 25.2. The Morgan fingerprint density at radius 3 is 2.67 bits per heavy atom. The Labute approximate surface area is 164 Å². The number of halogens is 1. The monoisotopic (exact) mass is 452 g/mol. The first kappa shape index (κ1) is 19.4. The molecule has 3 N–H and O–H groups in total. The highest BCUT2D eigenvalue weighted by Crippen LogP contribution is 2.36. The lowest BCUT2D eigenvalue weighted by molar-refractivity contribution is -0.137. The summed E-state index contributed by atoms with van der Waals surface area (Å²) in [6, 6.07) is 5.37. The van der Waals surface area contributed by atoms with Gasteiger partial charge >= 0.3 is 5.97 Å². The van der Waals surface area contributed by atoms with Crippen LogP contribution in [0, 0.1) is 6.92 Å². The molecule has 3 rings (SSSR count). The summed E-state index contributed by atoms with van der Waals surface area (Å²) in [5, 5.41) is 11.8. The number of carbonyl (C=O) groups is 2. The van der Waals surface area contributed by atoms with Crippen LogP contribution in [-0.2, 0) is 25.8 Å². The molecule has 0 spiro atoms. The van der Waals surface area contributed by atoms with E-state index in [4.69, 9.17) is 5.11 Å². The molecule has 7 nitrogen and oxygen atoms in total. The van der Waals surface area contributed by atoms with Crippen LogP contribution in [-0.4, -0.2) is 36.6 Å².